The Balaban J connectivity index is 1.21. The summed E-state index contributed by atoms with van der Waals surface area (Å²) in [6.07, 6.45) is 1.71. The van der Waals surface area contributed by atoms with Crippen LogP contribution >= 0.6 is 11.7 Å². The van der Waals surface area contributed by atoms with Crippen LogP contribution in [0.5, 0.6) is 0 Å². The fraction of sp³-hybridized carbons (Fsp3) is 0.0526. The van der Waals surface area contributed by atoms with Gasteiger partial charge >= 0.3 is 0 Å². The van der Waals surface area contributed by atoms with Crippen LogP contribution in [0.4, 0.5) is 22.9 Å². The molecule has 0 aliphatic carbocycles. The van der Waals surface area contributed by atoms with Crippen molar-refractivity contribution in [2.24, 2.45) is 4.99 Å². The Hall–Kier alpha value is -5.86. The molecule has 46 heavy (non-hydrogen) atoms. The lowest BCUT2D eigenvalue weighted by Gasteiger charge is -2.26. The molecule has 8 aromatic rings. The zero-order valence-corrected chi connectivity index (χ0v) is 25.7. The Bertz CT molecular complexity index is 2540. The maximum Gasteiger partial charge on any atom is 0.252 e. The first-order valence-corrected chi connectivity index (χ1v) is 15.5. The number of aryl methyl sites for hydroxylation is 2. The van der Waals surface area contributed by atoms with Crippen LogP contribution in [0.2, 0.25) is 0 Å². The first kappa shape index (κ1) is 27.7. The van der Waals surface area contributed by atoms with Crippen LogP contribution in [0.15, 0.2) is 130 Å². The van der Waals surface area contributed by atoms with Crippen molar-refractivity contribution in [3.8, 4) is 11.1 Å². The smallest absolute Gasteiger partial charge is 0.252 e. The summed E-state index contributed by atoms with van der Waals surface area (Å²) in [5.41, 5.74) is 7.17. The number of pyridine rings is 1. The summed E-state index contributed by atoms with van der Waals surface area (Å²) in [7, 11) is 0. The van der Waals surface area contributed by atoms with Gasteiger partial charge < -0.3 is 4.90 Å². The van der Waals surface area contributed by atoms with E-state index in [1.165, 1.54) is 11.1 Å². The highest BCUT2D eigenvalue weighted by molar-refractivity contribution is 7.00. The molecule has 0 aliphatic heterocycles. The summed E-state index contributed by atoms with van der Waals surface area (Å²) < 4.78 is 9.07. The molecule has 0 N–H and O–H groups in total. The average molecular weight is 616 g/mol. The maximum atomic E-state index is 13.1. The number of anilines is 3. The number of benzene rings is 5. The first-order valence-electron chi connectivity index (χ1n) is 14.8. The molecule has 0 saturated carbocycles. The minimum Gasteiger partial charge on any atom is -0.311 e. The Morgan fingerprint density at radius 2 is 1.17 bits per heavy atom. The van der Waals surface area contributed by atoms with E-state index in [4.69, 9.17) is 0 Å². The number of rotatable bonds is 5. The highest BCUT2D eigenvalue weighted by Crippen LogP contribution is 2.37. The summed E-state index contributed by atoms with van der Waals surface area (Å²) in [5, 5.41) is 2.77. The van der Waals surface area contributed by atoms with Crippen LogP contribution < -0.4 is 21.1 Å². The van der Waals surface area contributed by atoms with Crippen LogP contribution in [0, 0.1) is 13.8 Å². The zero-order valence-electron chi connectivity index (χ0n) is 24.9. The molecule has 0 spiro atoms. The third-order valence-corrected chi connectivity index (χ3v) is 8.85. The van der Waals surface area contributed by atoms with E-state index in [0.29, 0.717) is 21.8 Å². The second kappa shape index (κ2) is 10.9. The molecule has 2 aromatic heterocycles. The molecule has 0 radical (unpaired) electrons. The summed E-state index contributed by atoms with van der Waals surface area (Å²) in [6.45, 7) is 4.17. The Morgan fingerprint density at radius 1 is 0.630 bits per heavy atom. The van der Waals surface area contributed by atoms with Gasteiger partial charge in [0.05, 0.1) is 11.7 Å². The molecule has 220 valence electrons. The van der Waals surface area contributed by atoms with Crippen molar-refractivity contribution in [1.29, 1.82) is 0 Å². The van der Waals surface area contributed by atoms with E-state index in [9.17, 15) is 9.59 Å². The first-order chi connectivity index (χ1) is 22.4. The van der Waals surface area contributed by atoms with Gasteiger partial charge in [0.1, 0.15) is 16.4 Å². The van der Waals surface area contributed by atoms with Gasteiger partial charge in [0, 0.05) is 39.6 Å². The lowest BCUT2D eigenvalue weighted by atomic mass is 10.0. The van der Waals surface area contributed by atoms with Gasteiger partial charge in [-0.05, 0) is 78.7 Å². The van der Waals surface area contributed by atoms with E-state index in [1.54, 1.807) is 12.3 Å². The van der Waals surface area contributed by atoms with Crippen LogP contribution in [-0.4, -0.2) is 13.7 Å². The Morgan fingerprint density at radius 3 is 1.78 bits per heavy atom. The van der Waals surface area contributed by atoms with E-state index in [-0.39, 0.29) is 11.2 Å². The number of hydrogen-bond donors (Lipinski definition) is 0. The third-order valence-electron chi connectivity index (χ3n) is 8.32. The summed E-state index contributed by atoms with van der Waals surface area (Å²) >= 11 is 1.06. The van der Waals surface area contributed by atoms with Crippen molar-refractivity contribution in [3.63, 3.8) is 0 Å². The molecular weight excluding hydrogens is 591 g/mol. The molecule has 0 aliphatic rings. The van der Waals surface area contributed by atoms with E-state index < -0.39 is 10.9 Å². The third kappa shape index (κ3) is 4.67. The van der Waals surface area contributed by atoms with Gasteiger partial charge in [0.15, 0.2) is 5.82 Å². The summed E-state index contributed by atoms with van der Waals surface area (Å²) in [5.74, 6) is 0.256. The molecule has 7 nitrogen and oxygen atoms in total. The summed E-state index contributed by atoms with van der Waals surface area (Å²) in [6, 6.07) is 36.5. The van der Waals surface area contributed by atoms with E-state index in [0.717, 1.165) is 50.7 Å². The van der Waals surface area contributed by atoms with Crippen molar-refractivity contribution in [2.75, 3.05) is 4.90 Å². The Labute approximate surface area is 267 Å². The van der Waals surface area contributed by atoms with Crippen LogP contribution in [-0.2, 0) is 0 Å². The lowest BCUT2D eigenvalue weighted by Crippen LogP contribution is -2.30. The van der Waals surface area contributed by atoms with Gasteiger partial charge in [-0.2, -0.15) is 8.75 Å². The van der Waals surface area contributed by atoms with Gasteiger partial charge in [-0.15, -0.1) is 0 Å². The molecular formula is C38H25N5O2S. The molecule has 6 aromatic carbocycles. The van der Waals surface area contributed by atoms with Crippen molar-refractivity contribution < 1.29 is 0 Å². The van der Waals surface area contributed by atoms with Crippen LogP contribution in [0.25, 0.3) is 43.7 Å². The minimum absolute atomic E-state index is 0.0805. The number of fused-ring (bicyclic) bond motifs is 3. The molecule has 0 saturated heterocycles. The van der Waals surface area contributed by atoms with Gasteiger partial charge in [0.25, 0.3) is 5.43 Å². The van der Waals surface area contributed by atoms with Crippen molar-refractivity contribution in [2.45, 2.75) is 13.8 Å². The monoisotopic (exact) mass is 615 g/mol. The normalized spacial score (nSPS) is 12.0. The fourth-order valence-corrected chi connectivity index (χ4v) is 6.43. The molecule has 0 unspecified atom stereocenters. The molecule has 0 atom stereocenters. The highest BCUT2D eigenvalue weighted by atomic mass is 32.1. The van der Waals surface area contributed by atoms with Gasteiger partial charge in [-0.25, -0.2) is 9.98 Å². The molecule has 0 fully saturated rings. The largest absolute Gasteiger partial charge is 0.311 e. The summed E-state index contributed by atoms with van der Waals surface area (Å²) in [4.78, 5) is 37.5. The molecule has 0 bridgehead atoms. The minimum atomic E-state index is -0.644. The molecule has 2 heterocycles. The predicted molar refractivity (Wildman–Crippen MR) is 186 cm³/mol. The standard InChI is InChI=1S/C38H25N5O2S/c1-22-7-13-27(14-8-22)43(28-15-9-23(2)10-16-28)29-17-11-24(12-18-29)32-21-39-38(35-33(32)41-46-42-35)40-34-30-19-25-5-3-4-6-26(25)20-31(30)36(44)37(34)45/h3-21H,1-2H3/b40-34-. The average Bonchev–Trinajstić information content (AvgIpc) is 3.66. The van der Waals surface area contributed by atoms with Crippen LogP contribution in [0.3, 0.4) is 0 Å². The zero-order chi connectivity index (χ0) is 31.4. The SMILES string of the molecule is Cc1ccc(N(c2ccc(C)cc2)c2ccc(-c3cnc(/N=c4\c(=O)c(=O)c5cc6ccccc6cc45)c4nsnc34)cc2)cc1. The number of nitrogens with zero attached hydrogens (tertiary/aromatic N) is 5. The second-order valence-electron chi connectivity index (χ2n) is 11.4. The topological polar surface area (TPSA) is 88.4 Å². The second-order valence-corrected chi connectivity index (χ2v) is 11.9. The van der Waals surface area contributed by atoms with Crippen molar-refractivity contribution in [3.05, 3.63) is 152 Å². The van der Waals surface area contributed by atoms with E-state index >= 15 is 0 Å². The maximum absolute atomic E-state index is 13.1. The van der Waals surface area contributed by atoms with Gasteiger partial charge in [-0.1, -0.05) is 71.8 Å². The van der Waals surface area contributed by atoms with Gasteiger partial charge in [0.2, 0.25) is 5.43 Å². The van der Waals surface area contributed by atoms with Crippen molar-refractivity contribution in [1.82, 2.24) is 13.7 Å². The quantitative estimate of drug-likeness (QED) is 0.183. The van der Waals surface area contributed by atoms with E-state index in [1.807, 2.05) is 42.5 Å². The highest BCUT2D eigenvalue weighted by Gasteiger charge is 2.18. The fourth-order valence-electron chi connectivity index (χ4n) is 5.87. The lowest BCUT2D eigenvalue weighted by molar-refractivity contribution is 1.23. The molecule has 8 rings (SSSR count). The Kier molecular flexibility index (Phi) is 6.58. The van der Waals surface area contributed by atoms with Gasteiger partial charge in [-0.3, -0.25) is 9.59 Å². The van der Waals surface area contributed by atoms with Crippen molar-refractivity contribution >= 4 is 67.2 Å². The molecule has 8 heteroatoms. The number of aromatic nitrogens is 3. The molecule has 0 amide bonds. The number of hydrogen-bond acceptors (Lipinski definition) is 8. The van der Waals surface area contributed by atoms with Crippen LogP contribution in [0.1, 0.15) is 11.1 Å². The van der Waals surface area contributed by atoms with E-state index in [2.05, 4.69) is 98.1 Å². The predicted octanol–water partition coefficient (Wildman–Crippen LogP) is 7.97.